The average Bonchev–Trinajstić information content (AvgIpc) is 3.05. The third kappa shape index (κ3) is 1.99. The predicted octanol–water partition coefficient (Wildman–Crippen LogP) is 1.08. The Kier molecular flexibility index (Phi) is 3.43. The molecule has 0 radical (unpaired) electrons. The first-order valence-corrected chi connectivity index (χ1v) is 7.01. The minimum absolute atomic E-state index is 0.0434. The molecular formula is C13H22N2O3. The van der Waals surface area contributed by atoms with Crippen molar-refractivity contribution >= 4 is 6.03 Å². The summed E-state index contributed by atoms with van der Waals surface area (Å²) >= 11 is 0. The first-order valence-electron chi connectivity index (χ1n) is 7.01. The van der Waals surface area contributed by atoms with Gasteiger partial charge in [0.25, 0.3) is 0 Å². The van der Waals surface area contributed by atoms with E-state index in [2.05, 4.69) is 0 Å². The van der Waals surface area contributed by atoms with E-state index in [-0.39, 0.29) is 24.3 Å². The first-order chi connectivity index (χ1) is 8.81. The number of rotatable bonds is 1. The van der Waals surface area contributed by atoms with Crippen molar-refractivity contribution in [2.24, 2.45) is 0 Å². The van der Waals surface area contributed by atoms with Crippen LogP contribution in [0.15, 0.2) is 0 Å². The normalized spacial score (nSPS) is 35.9. The van der Waals surface area contributed by atoms with E-state index in [9.17, 15) is 4.79 Å². The molecular weight excluding hydrogens is 232 g/mol. The molecule has 18 heavy (non-hydrogen) atoms. The summed E-state index contributed by atoms with van der Waals surface area (Å²) in [6.07, 6.45) is 4.48. The van der Waals surface area contributed by atoms with Gasteiger partial charge in [-0.25, -0.2) is 4.79 Å². The van der Waals surface area contributed by atoms with Crippen LogP contribution in [0.4, 0.5) is 4.79 Å². The van der Waals surface area contributed by atoms with Gasteiger partial charge < -0.3 is 19.3 Å². The van der Waals surface area contributed by atoms with E-state index >= 15 is 0 Å². The maximum atomic E-state index is 12.5. The Morgan fingerprint density at radius 3 is 2.78 bits per heavy atom. The van der Waals surface area contributed by atoms with Crippen LogP contribution in [0.5, 0.6) is 0 Å². The number of fused-ring (bicyclic) bond motifs is 1. The maximum absolute atomic E-state index is 12.5. The molecule has 0 saturated carbocycles. The van der Waals surface area contributed by atoms with Crippen LogP contribution in [0.3, 0.4) is 0 Å². The monoisotopic (exact) mass is 254 g/mol. The van der Waals surface area contributed by atoms with Crippen LogP contribution in [0, 0.1) is 0 Å². The first kappa shape index (κ1) is 12.2. The fourth-order valence-electron chi connectivity index (χ4n) is 3.43. The van der Waals surface area contributed by atoms with Gasteiger partial charge in [-0.3, -0.25) is 0 Å². The molecule has 5 heteroatoms. The van der Waals surface area contributed by atoms with Crippen molar-refractivity contribution in [3.05, 3.63) is 0 Å². The Hall–Kier alpha value is -0.810. The van der Waals surface area contributed by atoms with Gasteiger partial charge >= 0.3 is 6.03 Å². The van der Waals surface area contributed by atoms with Crippen LogP contribution in [-0.4, -0.2) is 67.4 Å². The number of amides is 2. The van der Waals surface area contributed by atoms with Gasteiger partial charge in [-0.1, -0.05) is 0 Å². The molecule has 0 unspecified atom stereocenters. The molecule has 5 nitrogen and oxygen atoms in total. The van der Waals surface area contributed by atoms with Crippen molar-refractivity contribution in [2.75, 3.05) is 33.4 Å². The lowest BCUT2D eigenvalue weighted by Crippen LogP contribution is -2.48. The topological polar surface area (TPSA) is 42.0 Å². The highest BCUT2D eigenvalue weighted by Crippen LogP contribution is 2.31. The SMILES string of the molecule is CO[C@H]1CN(C(=O)N2CCCC2)[C@@H]2CCCO[C@H]12. The lowest BCUT2D eigenvalue weighted by molar-refractivity contribution is -0.0638. The van der Waals surface area contributed by atoms with Gasteiger partial charge in [0.1, 0.15) is 12.2 Å². The Bertz CT molecular complexity index is 317. The number of nitrogens with zero attached hydrogens (tertiary/aromatic N) is 2. The standard InChI is InChI=1S/C13H22N2O3/c1-17-11-9-15(10-5-4-8-18-12(10)11)13(16)14-6-2-3-7-14/h10-12H,2-9H2,1H3/t10-,11+,12+/m1/s1. The fraction of sp³-hybridized carbons (Fsp3) is 0.923. The highest BCUT2D eigenvalue weighted by atomic mass is 16.5. The summed E-state index contributed by atoms with van der Waals surface area (Å²) in [5.41, 5.74) is 0. The largest absolute Gasteiger partial charge is 0.377 e. The molecule has 3 aliphatic heterocycles. The zero-order valence-electron chi connectivity index (χ0n) is 11.0. The molecule has 3 saturated heterocycles. The van der Waals surface area contributed by atoms with Gasteiger partial charge in [0.05, 0.1) is 12.6 Å². The molecule has 0 aliphatic carbocycles. The number of ether oxygens (including phenoxy) is 2. The lowest BCUT2D eigenvalue weighted by Gasteiger charge is -2.33. The summed E-state index contributed by atoms with van der Waals surface area (Å²) in [5.74, 6) is 0. The molecule has 102 valence electrons. The molecule has 3 atom stereocenters. The van der Waals surface area contributed by atoms with E-state index in [0.717, 1.165) is 45.4 Å². The number of methoxy groups -OCH3 is 1. The summed E-state index contributed by atoms with van der Waals surface area (Å²) in [4.78, 5) is 16.5. The number of carbonyl (C=O) groups is 1. The second-order valence-electron chi connectivity index (χ2n) is 5.45. The summed E-state index contributed by atoms with van der Waals surface area (Å²) in [7, 11) is 1.71. The molecule has 0 aromatic rings. The summed E-state index contributed by atoms with van der Waals surface area (Å²) in [6.45, 7) is 3.30. The van der Waals surface area contributed by atoms with E-state index in [1.165, 1.54) is 0 Å². The van der Waals surface area contributed by atoms with E-state index in [4.69, 9.17) is 9.47 Å². The number of likely N-dealkylation sites (tertiary alicyclic amines) is 2. The number of hydrogen-bond donors (Lipinski definition) is 0. The van der Waals surface area contributed by atoms with Crippen molar-refractivity contribution in [1.82, 2.24) is 9.80 Å². The molecule has 0 bridgehead atoms. The van der Waals surface area contributed by atoms with Crippen LogP contribution < -0.4 is 0 Å². The molecule has 0 N–H and O–H groups in total. The minimum atomic E-state index is 0.0434. The van der Waals surface area contributed by atoms with E-state index in [1.807, 2.05) is 9.80 Å². The maximum Gasteiger partial charge on any atom is 0.320 e. The Morgan fingerprint density at radius 1 is 1.28 bits per heavy atom. The van der Waals surface area contributed by atoms with Gasteiger partial charge in [0.2, 0.25) is 0 Å². The van der Waals surface area contributed by atoms with Crippen LogP contribution in [0.1, 0.15) is 25.7 Å². The molecule has 0 aromatic heterocycles. The summed E-state index contributed by atoms with van der Waals surface area (Å²) < 4.78 is 11.3. The third-order valence-electron chi connectivity index (χ3n) is 4.40. The second kappa shape index (κ2) is 5.05. The molecule has 2 amide bonds. The summed E-state index contributed by atoms with van der Waals surface area (Å²) in [6, 6.07) is 0.407. The van der Waals surface area contributed by atoms with Crippen molar-refractivity contribution in [2.45, 2.75) is 43.9 Å². The molecule has 3 heterocycles. The van der Waals surface area contributed by atoms with Gasteiger partial charge in [-0.05, 0) is 25.7 Å². The van der Waals surface area contributed by atoms with E-state index in [1.54, 1.807) is 7.11 Å². The number of hydrogen-bond acceptors (Lipinski definition) is 3. The molecule has 3 aliphatic rings. The molecule has 3 fully saturated rings. The van der Waals surface area contributed by atoms with Gasteiger partial charge in [-0.2, -0.15) is 0 Å². The third-order valence-corrected chi connectivity index (χ3v) is 4.40. The quantitative estimate of drug-likeness (QED) is 0.703. The molecule has 0 aromatic carbocycles. The van der Waals surface area contributed by atoms with Gasteiger partial charge in [0.15, 0.2) is 0 Å². The van der Waals surface area contributed by atoms with Crippen LogP contribution in [0.2, 0.25) is 0 Å². The Balaban J connectivity index is 1.73. The summed E-state index contributed by atoms with van der Waals surface area (Å²) in [5, 5.41) is 0. The zero-order valence-corrected chi connectivity index (χ0v) is 11.0. The van der Waals surface area contributed by atoms with Gasteiger partial charge in [-0.15, -0.1) is 0 Å². The fourth-order valence-corrected chi connectivity index (χ4v) is 3.43. The van der Waals surface area contributed by atoms with Gasteiger partial charge in [0, 0.05) is 26.8 Å². The zero-order chi connectivity index (χ0) is 12.5. The van der Waals surface area contributed by atoms with Crippen LogP contribution in [-0.2, 0) is 9.47 Å². The van der Waals surface area contributed by atoms with Crippen molar-refractivity contribution in [3.63, 3.8) is 0 Å². The van der Waals surface area contributed by atoms with Crippen molar-refractivity contribution in [3.8, 4) is 0 Å². The van der Waals surface area contributed by atoms with Crippen molar-refractivity contribution < 1.29 is 14.3 Å². The molecule has 0 spiro atoms. The predicted molar refractivity (Wildman–Crippen MR) is 66.5 cm³/mol. The molecule has 3 rings (SSSR count). The number of urea groups is 1. The van der Waals surface area contributed by atoms with Crippen molar-refractivity contribution in [1.29, 1.82) is 0 Å². The highest BCUT2D eigenvalue weighted by Gasteiger charge is 2.47. The smallest absolute Gasteiger partial charge is 0.320 e. The van der Waals surface area contributed by atoms with E-state index in [0.29, 0.717) is 6.54 Å². The lowest BCUT2D eigenvalue weighted by atomic mass is 10.0. The second-order valence-corrected chi connectivity index (χ2v) is 5.45. The average molecular weight is 254 g/mol. The Morgan fingerprint density at radius 2 is 2.06 bits per heavy atom. The minimum Gasteiger partial charge on any atom is -0.377 e. The Labute approximate surface area is 108 Å². The number of carbonyl (C=O) groups excluding carboxylic acids is 1. The van der Waals surface area contributed by atoms with Crippen LogP contribution in [0.25, 0.3) is 0 Å². The van der Waals surface area contributed by atoms with Crippen LogP contribution >= 0.6 is 0 Å². The highest BCUT2D eigenvalue weighted by molar-refractivity contribution is 5.75. The van der Waals surface area contributed by atoms with E-state index < -0.39 is 0 Å².